The Morgan fingerprint density at radius 2 is 1.68 bits per heavy atom. The molecule has 1 amide bonds. The monoisotopic (exact) mass is 336 g/mol. The average molecular weight is 336 g/mol. The first kappa shape index (κ1) is 16.3. The molecule has 0 spiro atoms. The van der Waals surface area contributed by atoms with E-state index >= 15 is 0 Å². The van der Waals surface area contributed by atoms with Crippen molar-refractivity contribution >= 4 is 11.6 Å². The molecule has 1 fully saturated rings. The van der Waals surface area contributed by atoms with Crippen molar-refractivity contribution in [1.82, 2.24) is 4.90 Å². The molecule has 4 heteroatoms. The fourth-order valence-corrected chi connectivity index (χ4v) is 4.18. The maximum atomic E-state index is 13.4. The van der Waals surface area contributed by atoms with Gasteiger partial charge in [-0.05, 0) is 23.6 Å². The second-order valence-corrected chi connectivity index (χ2v) is 6.86. The van der Waals surface area contributed by atoms with Gasteiger partial charge < -0.3 is 9.64 Å². The number of carbonyl (C=O) groups is 1. The van der Waals surface area contributed by atoms with Crippen LogP contribution >= 0.6 is 0 Å². The summed E-state index contributed by atoms with van der Waals surface area (Å²) in [5.74, 6) is 0.174. The van der Waals surface area contributed by atoms with E-state index in [0.717, 1.165) is 56.1 Å². The Hall–Kier alpha value is -2.17. The summed E-state index contributed by atoms with van der Waals surface area (Å²) in [6.07, 6.45) is 0.789. The van der Waals surface area contributed by atoms with E-state index in [-0.39, 0.29) is 5.91 Å². The molecule has 1 saturated heterocycles. The second kappa shape index (κ2) is 6.62. The predicted molar refractivity (Wildman–Crippen MR) is 99.0 cm³/mol. The fourth-order valence-electron chi connectivity index (χ4n) is 4.18. The summed E-state index contributed by atoms with van der Waals surface area (Å²) in [4.78, 5) is 17.7. The van der Waals surface area contributed by atoms with Gasteiger partial charge in [-0.3, -0.25) is 9.69 Å². The van der Waals surface area contributed by atoms with Crippen LogP contribution in [0, 0.1) is 0 Å². The van der Waals surface area contributed by atoms with Crippen LogP contribution in [0.1, 0.15) is 17.5 Å². The van der Waals surface area contributed by atoms with Gasteiger partial charge in [-0.2, -0.15) is 0 Å². The molecule has 2 aliphatic rings. The van der Waals surface area contributed by atoms with Crippen molar-refractivity contribution in [2.24, 2.45) is 0 Å². The van der Waals surface area contributed by atoms with E-state index < -0.39 is 5.41 Å². The number of benzene rings is 2. The van der Waals surface area contributed by atoms with Crippen LogP contribution in [0.3, 0.4) is 0 Å². The van der Waals surface area contributed by atoms with Gasteiger partial charge in [0, 0.05) is 32.4 Å². The zero-order valence-corrected chi connectivity index (χ0v) is 14.6. The molecule has 4 nitrogen and oxygen atoms in total. The standard InChI is InChI=1S/C21H24N2O2/c1-22-19-10-6-5-9-18(19)21(20(22)24,17-7-3-2-4-8-17)11-12-23-13-15-25-16-14-23/h2-10H,11-16H2,1H3. The van der Waals surface area contributed by atoms with Crippen LogP contribution in [0.15, 0.2) is 54.6 Å². The van der Waals surface area contributed by atoms with E-state index in [0.29, 0.717) is 0 Å². The topological polar surface area (TPSA) is 32.8 Å². The van der Waals surface area contributed by atoms with Gasteiger partial charge in [0.05, 0.1) is 13.2 Å². The molecule has 25 heavy (non-hydrogen) atoms. The normalized spacial score (nSPS) is 23.7. The molecule has 4 rings (SSSR count). The number of rotatable bonds is 4. The fraction of sp³-hybridized carbons (Fsp3) is 0.381. The van der Waals surface area contributed by atoms with E-state index in [4.69, 9.17) is 4.74 Å². The molecule has 1 unspecified atom stereocenters. The van der Waals surface area contributed by atoms with E-state index in [2.05, 4.69) is 23.1 Å². The lowest BCUT2D eigenvalue weighted by Gasteiger charge is -2.33. The van der Waals surface area contributed by atoms with Crippen LogP contribution in [-0.2, 0) is 14.9 Å². The highest BCUT2D eigenvalue weighted by Crippen LogP contribution is 2.47. The highest BCUT2D eigenvalue weighted by molar-refractivity contribution is 6.10. The van der Waals surface area contributed by atoms with Crippen LogP contribution in [0.5, 0.6) is 0 Å². The molecule has 2 aliphatic heterocycles. The van der Waals surface area contributed by atoms with Gasteiger partial charge in [0.25, 0.3) is 0 Å². The first-order valence-corrected chi connectivity index (χ1v) is 8.97. The molecule has 0 aromatic heterocycles. The van der Waals surface area contributed by atoms with Crippen molar-refractivity contribution in [3.63, 3.8) is 0 Å². The number of carbonyl (C=O) groups excluding carboxylic acids is 1. The lowest BCUT2D eigenvalue weighted by atomic mass is 9.72. The zero-order valence-electron chi connectivity index (χ0n) is 14.6. The summed E-state index contributed by atoms with van der Waals surface area (Å²) < 4.78 is 5.46. The summed E-state index contributed by atoms with van der Waals surface area (Å²) in [6, 6.07) is 18.5. The molecule has 0 bridgehead atoms. The van der Waals surface area contributed by atoms with Crippen LogP contribution < -0.4 is 4.90 Å². The van der Waals surface area contributed by atoms with Crippen molar-refractivity contribution in [1.29, 1.82) is 0 Å². The van der Waals surface area contributed by atoms with Crippen molar-refractivity contribution in [2.45, 2.75) is 11.8 Å². The number of anilines is 1. The second-order valence-electron chi connectivity index (χ2n) is 6.86. The average Bonchev–Trinajstić information content (AvgIpc) is 2.90. The SMILES string of the molecule is CN1C(=O)C(CCN2CCOCC2)(c2ccccc2)c2ccccc21. The van der Waals surface area contributed by atoms with Crippen molar-refractivity contribution in [3.05, 3.63) is 65.7 Å². The smallest absolute Gasteiger partial charge is 0.241 e. The first-order chi connectivity index (χ1) is 12.2. The maximum absolute atomic E-state index is 13.4. The molecule has 2 aromatic carbocycles. The van der Waals surface area contributed by atoms with Gasteiger partial charge in [-0.25, -0.2) is 0 Å². The lowest BCUT2D eigenvalue weighted by molar-refractivity contribution is -0.122. The predicted octanol–water partition coefficient (Wildman–Crippen LogP) is 2.67. The Labute approximate surface area is 149 Å². The van der Waals surface area contributed by atoms with Gasteiger partial charge in [0.1, 0.15) is 5.41 Å². The van der Waals surface area contributed by atoms with Crippen molar-refractivity contribution in [3.8, 4) is 0 Å². The van der Waals surface area contributed by atoms with Gasteiger partial charge >= 0.3 is 0 Å². The number of ether oxygens (including phenoxy) is 1. The number of amides is 1. The van der Waals surface area contributed by atoms with Crippen LogP contribution in [0.2, 0.25) is 0 Å². The number of likely N-dealkylation sites (N-methyl/N-ethyl adjacent to an activating group) is 1. The maximum Gasteiger partial charge on any atom is 0.241 e. The zero-order chi connectivity index (χ0) is 17.3. The minimum atomic E-state index is -0.592. The van der Waals surface area contributed by atoms with Crippen LogP contribution in [0.25, 0.3) is 0 Å². The van der Waals surface area contributed by atoms with Crippen LogP contribution in [0.4, 0.5) is 5.69 Å². The molecule has 0 radical (unpaired) electrons. The number of fused-ring (bicyclic) bond motifs is 1. The summed E-state index contributed by atoms with van der Waals surface area (Å²) >= 11 is 0. The molecule has 0 saturated carbocycles. The highest BCUT2D eigenvalue weighted by atomic mass is 16.5. The molecular formula is C21H24N2O2. The molecular weight excluding hydrogens is 312 g/mol. The third-order valence-corrected chi connectivity index (χ3v) is 5.57. The van der Waals surface area contributed by atoms with Crippen LogP contribution in [-0.4, -0.2) is 50.7 Å². The van der Waals surface area contributed by atoms with E-state index in [1.807, 2.05) is 48.3 Å². The van der Waals surface area contributed by atoms with Gasteiger partial charge in [0.15, 0.2) is 0 Å². The third-order valence-electron chi connectivity index (χ3n) is 5.57. The Balaban J connectivity index is 1.76. The molecule has 2 heterocycles. The third kappa shape index (κ3) is 2.66. The summed E-state index contributed by atoms with van der Waals surface area (Å²) in [6.45, 7) is 4.34. The Bertz CT molecular complexity index is 756. The van der Waals surface area contributed by atoms with E-state index in [9.17, 15) is 4.79 Å². The summed E-state index contributed by atoms with van der Waals surface area (Å²) in [7, 11) is 1.89. The Morgan fingerprint density at radius 1 is 1.00 bits per heavy atom. The molecule has 0 N–H and O–H groups in total. The Kier molecular flexibility index (Phi) is 4.32. The largest absolute Gasteiger partial charge is 0.379 e. The Morgan fingerprint density at radius 3 is 2.44 bits per heavy atom. The quantitative estimate of drug-likeness (QED) is 0.861. The number of hydrogen-bond acceptors (Lipinski definition) is 3. The van der Waals surface area contributed by atoms with Gasteiger partial charge in [0.2, 0.25) is 5.91 Å². The number of morpholine rings is 1. The molecule has 1 atom stereocenters. The number of nitrogens with zero attached hydrogens (tertiary/aromatic N) is 2. The number of hydrogen-bond donors (Lipinski definition) is 0. The van der Waals surface area contributed by atoms with E-state index in [1.54, 1.807) is 0 Å². The lowest BCUT2D eigenvalue weighted by Crippen LogP contribution is -2.44. The molecule has 0 aliphatic carbocycles. The summed E-state index contributed by atoms with van der Waals surface area (Å²) in [5.41, 5.74) is 2.65. The first-order valence-electron chi connectivity index (χ1n) is 8.97. The minimum Gasteiger partial charge on any atom is -0.379 e. The highest BCUT2D eigenvalue weighted by Gasteiger charge is 2.50. The minimum absolute atomic E-state index is 0.174. The number of para-hydroxylation sites is 1. The van der Waals surface area contributed by atoms with E-state index in [1.165, 1.54) is 0 Å². The molecule has 2 aromatic rings. The van der Waals surface area contributed by atoms with Gasteiger partial charge in [-0.1, -0.05) is 48.5 Å². The van der Waals surface area contributed by atoms with Gasteiger partial charge in [-0.15, -0.1) is 0 Å². The van der Waals surface area contributed by atoms with Crippen molar-refractivity contribution < 1.29 is 9.53 Å². The summed E-state index contributed by atoms with van der Waals surface area (Å²) in [5, 5.41) is 0. The molecule has 130 valence electrons. The van der Waals surface area contributed by atoms with Crippen molar-refractivity contribution in [2.75, 3.05) is 44.8 Å².